The van der Waals surface area contributed by atoms with Crippen LogP contribution in [0.2, 0.25) is 0 Å². The maximum absolute atomic E-state index is 5.66. The third-order valence-corrected chi connectivity index (χ3v) is 2.59. The maximum Gasteiger partial charge on any atom is 0.0485 e. The van der Waals surface area contributed by atoms with E-state index in [0.717, 1.165) is 11.4 Å². The molecule has 3 N–H and O–H groups in total. The summed E-state index contributed by atoms with van der Waals surface area (Å²) in [6.45, 7) is 2.14. The van der Waals surface area contributed by atoms with Gasteiger partial charge in [0.15, 0.2) is 0 Å². The molecule has 0 aliphatic heterocycles. The molecular weight excluding hydrogens is 196 g/mol. The number of anilines is 2. The molecule has 1 atom stereocenters. The van der Waals surface area contributed by atoms with Gasteiger partial charge >= 0.3 is 0 Å². The Hall–Kier alpha value is -1.96. The van der Waals surface area contributed by atoms with Gasteiger partial charge in [-0.1, -0.05) is 30.3 Å². The minimum atomic E-state index is 0.281. The molecule has 0 bridgehead atoms. The van der Waals surface area contributed by atoms with Crippen LogP contribution >= 0.6 is 0 Å². The van der Waals surface area contributed by atoms with Crippen LogP contribution < -0.4 is 11.1 Å². The van der Waals surface area contributed by atoms with Crippen molar-refractivity contribution in [3.63, 3.8) is 0 Å². The summed E-state index contributed by atoms with van der Waals surface area (Å²) < 4.78 is 0. The van der Waals surface area contributed by atoms with E-state index in [0.29, 0.717) is 0 Å². The molecule has 0 saturated heterocycles. The summed E-state index contributed by atoms with van der Waals surface area (Å²) in [6, 6.07) is 18.4. The van der Waals surface area contributed by atoms with Crippen LogP contribution in [0.4, 0.5) is 11.4 Å². The van der Waals surface area contributed by atoms with Crippen LogP contribution in [0.5, 0.6) is 0 Å². The van der Waals surface area contributed by atoms with E-state index in [4.69, 9.17) is 5.73 Å². The number of rotatable bonds is 3. The van der Waals surface area contributed by atoms with E-state index in [1.54, 1.807) is 0 Å². The summed E-state index contributed by atoms with van der Waals surface area (Å²) in [6.07, 6.45) is 0. The Morgan fingerprint density at radius 1 is 0.938 bits per heavy atom. The van der Waals surface area contributed by atoms with Gasteiger partial charge < -0.3 is 11.1 Å². The zero-order valence-electron chi connectivity index (χ0n) is 9.35. The Kier molecular flexibility index (Phi) is 3.10. The lowest BCUT2D eigenvalue weighted by Crippen LogP contribution is -2.06. The first-order valence-corrected chi connectivity index (χ1v) is 5.43. The molecule has 0 fully saturated rings. The summed E-state index contributed by atoms with van der Waals surface area (Å²) >= 11 is 0. The molecule has 2 rings (SSSR count). The molecule has 16 heavy (non-hydrogen) atoms. The fourth-order valence-corrected chi connectivity index (χ4v) is 1.65. The van der Waals surface area contributed by atoms with E-state index in [1.807, 2.05) is 30.3 Å². The highest BCUT2D eigenvalue weighted by molar-refractivity contribution is 5.46. The first kappa shape index (κ1) is 10.6. The van der Waals surface area contributed by atoms with Crippen LogP contribution in [0.3, 0.4) is 0 Å². The molecule has 82 valence electrons. The maximum atomic E-state index is 5.66. The zero-order chi connectivity index (χ0) is 11.4. The highest BCUT2D eigenvalue weighted by Crippen LogP contribution is 2.19. The summed E-state index contributed by atoms with van der Waals surface area (Å²) in [5, 5.41) is 3.44. The summed E-state index contributed by atoms with van der Waals surface area (Å²) in [4.78, 5) is 0. The van der Waals surface area contributed by atoms with Crippen molar-refractivity contribution < 1.29 is 0 Å². The van der Waals surface area contributed by atoms with Crippen molar-refractivity contribution in [2.45, 2.75) is 13.0 Å². The van der Waals surface area contributed by atoms with Gasteiger partial charge in [0.25, 0.3) is 0 Å². The van der Waals surface area contributed by atoms with Crippen molar-refractivity contribution in [3.8, 4) is 0 Å². The Labute approximate surface area is 96.1 Å². The van der Waals surface area contributed by atoms with Gasteiger partial charge in [-0.3, -0.25) is 0 Å². The topological polar surface area (TPSA) is 38.0 Å². The van der Waals surface area contributed by atoms with Crippen molar-refractivity contribution in [1.29, 1.82) is 0 Å². The van der Waals surface area contributed by atoms with Crippen molar-refractivity contribution >= 4 is 11.4 Å². The lowest BCUT2D eigenvalue weighted by atomic mass is 10.1. The number of benzene rings is 2. The number of nitrogens with two attached hydrogens (primary N) is 1. The van der Waals surface area contributed by atoms with Gasteiger partial charge in [0, 0.05) is 17.4 Å². The van der Waals surface area contributed by atoms with Crippen LogP contribution in [-0.2, 0) is 0 Å². The van der Waals surface area contributed by atoms with Gasteiger partial charge in [-0.05, 0) is 36.8 Å². The van der Waals surface area contributed by atoms with Crippen LogP contribution in [0.25, 0.3) is 0 Å². The zero-order valence-corrected chi connectivity index (χ0v) is 9.35. The van der Waals surface area contributed by atoms with Crippen LogP contribution in [0.1, 0.15) is 18.5 Å². The predicted molar refractivity (Wildman–Crippen MR) is 69.3 cm³/mol. The van der Waals surface area contributed by atoms with E-state index in [-0.39, 0.29) is 6.04 Å². The van der Waals surface area contributed by atoms with Gasteiger partial charge in [0.1, 0.15) is 0 Å². The summed E-state index contributed by atoms with van der Waals surface area (Å²) in [7, 11) is 0. The SMILES string of the molecule is CC(Nc1ccccc1)c1ccc(N)cc1. The average molecular weight is 212 g/mol. The lowest BCUT2D eigenvalue weighted by Gasteiger charge is -2.15. The first-order chi connectivity index (χ1) is 7.75. The van der Waals surface area contributed by atoms with Crippen molar-refractivity contribution in [3.05, 3.63) is 60.2 Å². The molecule has 0 aliphatic rings. The quantitative estimate of drug-likeness (QED) is 0.765. The molecular formula is C14H16N2. The van der Waals surface area contributed by atoms with E-state index >= 15 is 0 Å². The fourth-order valence-electron chi connectivity index (χ4n) is 1.65. The molecule has 2 aromatic rings. The summed E-state index contributed by atoms with van der Waals surface area (Å²) in [5.74, 6) is 0. The minimum absolute atomic E-state index is 0.281. The highest BCUT2D eigenvalue weighted by Gasteiger charge is 2.03. The molecule has 0 radical (unpaired) electrons. The van der Waals surface area contributed by atoms with Crippen LogP contribution in [-0.4, -0.2) is 0 Å². The van der Waals surface area contributed by atoms with Crippen molar-refractivity contribution in [1.82, 2.24) is 0 Å². The van der Waals surface area contributed by atoms with Gasteiger partial charge in [-0.15, -0.1) is 0 Å². The molecule has 0 amide bonds. The van der Waals surface area contributed by atoms with Gasteiger partial charge in [-0.2, -0.15) is 0 Å². The molecule has 0 saturated carbocycles. The largest absolute Gasteiger partial charge is 0.399 e. The second kappa shape index (κ2) is 4.71. The van der Waals surface area contributed by atoms with Gasteiger partial charge in [0.2, 0.25) is 0 Å². The van der Waals surface area contributed by atoms with Crippen LogP contribution in [0, 0.1) is 0 Å². The molecule has 0 aromatic heterocycles. The fraction of sp³-hybridized carbons (Fsp3) is 0.143. The number of hydrogen-bond donors (Lipinski definition) is 2. The number of para-hydroxylation sites is 1. The second-order valence-electron chi connectivity index (χ2n) is 3.90. The normalized spacial score (nSPS) is 12.1. The Balaban J connectivity index is 2.09. The molecule has 2 nitrogen and oxygen atoms in total. The van der Waals surface area contributed by atoms with E-state index in [9.17, 15) is 0 Å². The lowest BCUT2D eigenvalue weighted by molar-refractivity contribution is 0.885. The van der Waals surface area contributed by atoms with Gasteiger partial charge in [0.05, 0.1) is 0 Å². The molecule has 2 aromatic carbocycles. The van der Waals surface area contributed by atoms with E-state index < -0.39 is 0 Å². The average Bonchev–Trinajstić information content (AvgIpc) is 2.31. The summed E-state index contributed by atoms with van der Waals surface area (Å²) in [5.41, 5.74) is 8.83. The number of hydrogen-bond acceptors (Lipinski definition) is 2. The second-order valence-corrected chi connectivity index (χ2v) is 3.90. The highest BCUT2D eigenvalue weighted by atomic mass is 14.9. The third kappa shape index (κ3) is 2.54. The third-order valence-electron chi connectivity index (χ3n) is 2.59. The molecule has 0 spiro atoms. The minimum Gasteiger partial charge on any atom is -0.399 e. The first-order valence-electron chi connectivity index (χ1n) is 5.43. The standard InChI is InChI=1S/C14H16N2/c1-11(12-7-9-13(15)10-8-12)16-14-5-3-2-4-6-14/h2-11,16H,15H2,1H3. The Bertz CT molecular complexity index is 434. The van der Waals surface area contributed by atoms with Crippen molar-refractivity contribution in [2.24, 2.45) is 0 Å². The molecule has 0 aliphatic carbocycles. The van der Waals surface area contributed by atoms with E-state index in [1.165, 1.54) is 5.56 Å². The Morgan fingerprint density at radius 2 is 1.56 bits per heavy atom. The van der Waals surface area contributed by atoms with E-state index in [2.05, 4.69) is 36.5 Å². The molecule has 2 heteroatoms. The predicted octanol–water partition coefficient (Wildman–Crippen LogP) is 3.44. The van der Waals surface area contributed by atoms with Crippen molar-refractivity contribution in [2.75, 3.05) is 11.1 Å². The smallest absolute Gasteiger partial charge is 0.0485 e. The molecule has 1 unspecified atom stereocenters. The monoisotopic (exact) mass is 212 g/mol. The Morgan fingerprint density at radius 3 is 2.19 bits per heavy atom. The number of nitrogen functional groups attached to an aromatic ring is 1. The molecule has 0 heterocycles. The number of nitrogens with one attached hydrogen (secondary N) is 1. The van der Waals surface area contributed by atoms with Gasteiger partial charge in [-0.25, -0.2) is 0 Å². The van der Waals surface area contributed by atoms with Crippen LogP contribution in [0.15, 0.2) is 54.6 Å².